The minimum atomic E-state index is -1.21. The summed E-state index contributed by atoms with van der Waals surface area (Å²) in [5.41, 5.74) is 3.31. The zero-order chi connectivity index (χ0) is 19.5. The van der Waals surface area contributed by atoms with Gasteiger partial charge in [-0.25, -0.2) is 0 Å². The molecule has 2 aromatic carbocycles. The van der Waals surface area contributed by atoms with Gasteiger partial charge < -0.3 is 10.6 Å². The summed E-state index contributed by atoms with van der Waals surface area (Å²) in [5, 5.41) is 5.85. The Hall–Kier alpha value is -2.62. The van der Waals surface area contributed by atoms with E-state index < -0.39 is 5.41 Å². The molecule has 0 heterocycles. The van der Waals surface area contributed by atoms with Crippen LogP contribution in [0.2, 0.25) is 0 Å². The summed E-state index contributed by atoms with van der Waals surface area (Å²) >= 11 is 0. The number of nitrogens with one attached hydrogen (secondary N) is 2. The highest BCUT2D eigenvalue weighted by atomic mass is 16.2. The van der Waals surface area contributed by atoms with Crippen LogP contribution in [0, 0.1) is 19.3 Å². The van der Waals surface area contributed by atoms with Gasteiger partial charge in [0.1, 0.15) is 5.41 Å². The fraction of sp³-hybridized carbons (Fsp3) is 0.364. The molecule has 0 atom stereocenters. The highest BCUT2D eigenvalue weighted by Crippen LogP contribution is 2.30. The van der Waals surface area contributed by atoms with Crippen LogP contribution >= 0.6 is 0 Å². The maximum atomic E-state index is 12.9. The van der Waals surface area contributed by atoms with Crippen LogP contribution in [0.25, 0.3) is 0 Å². The first-order chi connectivity index (χ1) is 12.1. The molecular formula is C22H28N2O2. The molecule has 2 amide bonds. The lowest BCUT2D eigenvalue weighted by Gasteiger charge is -2.25. The number of rotatable bonds is 5. The number of anilines is 2. The van der Waals surface area contributed by atoms with E-state index in [-0.39, 0.29) is 17.7 Å². The summed E-state index contributed by atoms with van der Waals surface area (Å²) in [5.74, 6) is -0.377. The summed E-state index contributed by atoms with van der Waals surface area (Å²) < 4.78 is 0. The summed E-state index contributed by atoms with van der Waals surface area (Å²) in [6.07, 6.45) is 0. The van der Waals surface area contributed by atoms with Crippen LogP contribution in [0.5, 0.6) is 0 Å². The topological polar surface area (TPSA) is 58.2 Å². The van der Waals surface area contributed by atoms with Gasteiger partial charge in [-0.15, -0.1) is 0 Å². The van der Waals surface area contributed by atoms with Crippen molar-refractivity contribution in [1.29, 1.82) is 0 Å². The fourth-order valence-electron chi connectivity index (χ4n) is 2.71. The molecule has 0 saturated heterocycles. The number of carbonyl (C=O) groups is 2. The minimum absolute atomic E-state index is 0.272. The zero-order valence-corrected chi connectivity index (χ0v) is 16.4. The van der Waals surface area contributed by atoms with Crippen molar-refractivity contribution in [3.05, 3.63) is 59.2 Å². The van der Waals surface area contributed by atoms with Crippen molar-refractivity contribution in [2.24, 2.45) is 5.41 Å². The quantitative estimate of drug-likeness (QED) is 0.742. The van der Waals surface area contributed by atoms with Gasteiger partial charge in [0.2, 0.25) is 11.8 Å². The first-order valence-corrected chi connectivity index (χ1v) is 8.92. The molecule has 4 nitrogen and oxygen atoms in total. The van der Waals surface area contributed by atoms with E-state index in [0.717, 1.165) is 28.1 Å². The molecule has 0 bridgehead atoms. The molecule has 0 radical (unpaired) electrons. The molecule has 2 aromatic rings. The van der Waals surface area contributed by atoms with Gasteiger partial charge >= 0.3 is 0 Å². The molecule has 0 spiro atoms. The lowest BCUT2D eigenvalue weighted by atomic mass is 9.89. The molecule has 0 unspecified atom stereocenters. The van der Waals surface area contributed by atoms with Crippen molar-refractivity contribution in [2.45, 2.75) is 47.5 Å². The molecule has 0 aliphatic heterocycles. The van der Waals surface area contributed by atoms with Crippen molar-refractivity contribution in [2.75, 3.05) is 10.6 Å². The van der Waals surface area contributed by atoms with Gasteiger partial charge in [-0.05, 0) is 56.4 Å². The van der Waals surface area contributed by atoms with Crippen molar-refractivity contribution in [3.63, 3.8) is 0 Å². The van der Waals surface area contributed by atoms with Crippen LogP contribution in [0.4, 0.5) is 11.4 Å². The molecule has 0 saturated carbocycles. The Balaban J connectivity index is 2.23. The lowest BCUT2D eigenvalue weighted by molar-refractivity contribution is -0.135. The summed E-state index contributed by atoms with van der Waals surface area (Å²) in [6.45, 7) is 11.3. The number of hydrogen-bond acceptors (Lipinski definition) is 2. The Kier molecular flexibility index (Phi) is 5.86. The second-order valence-corrected chi connectivity index (χ2v) is 7.54. The van der Waals surface area contributed by atoms with Gasteiger partial charge in [-0.3, -0.25) is 9.59 Å². The standard InChI is InChI=1S/C22H28N2O2/c1-14(2)17-12-9-11-16(4)19(17)24-21(26)22(5,6)20(25)23-18-13-8-7-10-15(18)3/h7-14H,1-6H3,(H,23,25)(H,24,26). The highest BCUT2D eigenvalue weighted by molar-refractivity contribution is 6.14. The number of carbonyl (C=O) groups excluding carboxylic acids is 2. The smallest absolute Gasteiger partial charge is 0.239 e. The van der Waals surface area contributed by atoms with E-state index in [4.69, 9.17) is 0 Å². The van der Waals surface area contributed by atoms with Gasteiger partial charge in [-0.2, -0.15) is 0 Å². The first kappa shape index (κ1) is 19.7. The van der Waals surface area contributed by atoms with Gasteiger partial charge in [0.05, 0.1) is 0 Å². The monoisotopic (exact) mass is 352 g/mol. The average Bonchev–Trinajstić information content (AvgIpc) is 2.58. The Morgan fingerprint density at radius 1 is 0.846 bits per heavy atom. The normalized spacial score (nSPS) is 11.3. The Labute approximate surface area is 156 Å². The Bertz CT molecular complexity index is 823. The van der Waals surface area contributed by atoms with Gasteiger partial charge in [-0.1, -0.05) is 50.2 Å². The third kappa shape index (κ3) is 4.13. The molecule has 4 heteroatoms. The van der Waals surface area contributed by atoms with Gasteiger partial charge in [0.25, 0.3) is 0 Å². The molecule has 2 N–H and O–H groups in total. The van der Waals surface area contributed by atoms with E-state index in [1.165, 1.54) is 0 Å². The average molecular weight is 352 g/mol. The second kappa shape index (κ2) is 7.73. The van der Waals surface area contributed by atoms with Crippen LogP contribution in [0.1, 0.15) is 50.3 Å². The molecule has 0 aliphatic rings. The molecular weight excluding hydrogens is 324 g/mol. The van der Waals surface area contributed by atoms with Gasteiger partial charge in [0.15, 0.2) is 0 Å². The van der Waals surface area contributed by atoms with Gasteiger partial charge in [0, 0.05) is 11.4 Å². The van der Waals surface area contributed by atoms with Crippen LogP contribution < -0.4 is 10.6 Å². The van der Waals surface area contributed by atoms with Crippen LogP contribution in [0.3, 0.4) is 0 Å². The van der Waals surface area contributed by atoms with Crippen molar-refractivity contribution in [1.82, 2.24) is 0 Å². The third-order valence-corrected chi connectivity index (χ3v) is 4.69. The van der Waals surface area contributed by atoms with Crippen LogP contribution in [-0.4, -0.2) is 11.8 Å². The number of aryl methyl sites for hydroxylation is 2. The molecule has 26 heavy (non-hydrogen) atoms. The van der Waals surface area contributed by atoms with E-state index in [1.807, 2.05) is 56.3 Å². The fourth-order valence-corrected chi connectivity index (χ4v) is 2.71. The highest BCUT2D eigenvalue weighted by Gasteiger charge is 2.37. The summed E-state index contributed by atoms with van der Waals surface area (Å²) in [6, 6.07) is 13.5. The molecule has 0 aliphatic carbocycles. The van der Waals surface area contributed by atoms with E-state index in [0.29, 0.717) is 0 Å². The Morgan fingerprint density at radius 3 is 2.04 bits per heavy atom. The summed E-state index contributed by atoms with van der Waals surface area (Å²) in [7, 11) is 0. The van der Waals surface area contributed by atoms with Crippen LogP contribution in [0.15, 0.2) is 42.5 Å². The van der Waals surface area contributed by atoms with E-state index in [9.17, 15) is 9.59 Å². The third-order valence-electron chi connectivity index (χ3n) is 4.69. The summed E-state index contributed by atoms with van der Waals surface area (Å²) in [4.78, 5) is 25.7. The maximum Gasteiger partial charge on any atom is 0.239 e. The van der Waals surface area contributed by atoms with Crippen molar-refractivity contribution < 1.29 is 9.59 Å². The number of benzene rings is 2. The maximum absolute atomic E-state index is 12.9. The Morgan fingerprint density at radius 2 is 1.42 bits per heavy atom. The predicted molar refractivity (Wildman–Crippen MR) is 107 cm³/mol. The number of amides is 2. The molecule has 0 aromatic heterocycles. The SMILES string of the molecule is Cc1ccccc1NC(=O)C(C)(C)C(=O)Nc1c(C)cccc1C(C)C. The van der Waals surface area contributed by atoms with E-state index >= 15 is 0 Å². The minimum Gasteiger partial charge on any atom is -0.325 e. The van der Waals surface area contributed by atoms with Crippen molar-refractivity contribution in [3.8, 4) is 0 Å². The lowest BCUT2D eigenvalue weighted by Crippen LogP contribution is -2.42. The van der Waals surface area contributed by atoms with Crippen molar-refractivity contribution >= 4 is 23.2 Å². The molecule has 138 valence electrons. The van der Waals surface area contributed by atoms with E-state index in [1.54, 1.807) is 13.8 Å². The number of para-hydroxylation sites is 2. The second-order valence-electron chi connectivity index (χ2n) is 7.54. The molecule has 0 fully saturated rings. The van der Waals surface area contributed by atoms with E-state index in [2.05, 4.69) is 24.5 Å². The molecule has 2 rings (SSSR count). The number of hydrogen-bond donors (Lipinski definition) is 2. The van der Waals surface area contributed by atoms with Crippen LogP contribution in [-0.2, 0) is 9.59 Å². The zero-order valence-electron chi connectivity index (χ0n) is 16.4. The predicted octanol–water partition coefficient (Wildman–Crippen LogP) is 5.03. The largest absolute Gasteiger partial charge is 0.325 e. The first-order valence-electron chi connectivity index (χ1n) is 8.92.